The molecule has 8 heteroatoms. The second-order valence-corrected chi connectivity index (χ2v) is 8.80. The minimum atomic E-state index is 0.476. The molecule has 0 heterocycles. The second kappa shape index (κ2) is 19.0. The minimum absolute atomic E-state index is 0.476. The van der Waals surface area contributed by atoms with Crippen molar-refractivity contribution in [2.24, 2.45) is 0 Å². The molecule has 0 saturated heterocycles. The fourth-order valence-corrected chi connectivity index (χ4v) is 3.54. The number of rotatable bonds is 21. The van der Waals surface area contributed by atoms with Gasteiger partial charge in [0.15, 0.2) is 0 Å². The van der Waals surface area contributed by atoms with Crippen molar-refractivity contribution in [1.29, 1.82) is 0 Å². The van der Waals surface area contributed by atoms with Crippen molar-refractivity contribution in [2.75, 3.05) is 105 Å². The average Bonchev–Trinajstić information content (AvgIpc) is 2.89. The summed E-state index contributed by atoms with van der Waals surface area (Å²) < 4.78 is 38.3. The first-order chi connectivity index (χ1) is 18.0. The number of benzene rings is 2. The largest absolute Gasteiger partial charge is 0.489 e. The van der Waals surface area contributed by atoms with Crippen LogP contribution < -0.4 is 9.64 Å². The van der Waals surface area contributed by atoms with Crippen LogP contribution in [0, 0.1) is 13.8 Å². The smallest absolute Gasteiger partial charge is 0.142 e. The first-order valence-corrected chi connectivity index (χ1v) is 12.9. The Labute approximate surface area is 222 Å². The minimum Gasteiger partial charge on any atom is -0.489 e. The molecule has 2 aromatic rings. The van der Waals surface area contributed by atoms with Crippen LogP contribution in [0.3, 0.4) is 0 Å². The fourth-order valence-electron chi connectivity index (χ4n) is 3.54. The van der Waals surface area contributed by atoms with Crippen LogP contribution in [-0.2, 0) is 28.4 Å². The lowest BCUT2D eigenvalue weighted by Gasteiger charge is -2.20. The van der Waals surface area contributed by atoms with Crippen molar-refractivity contribution in [2.45, 2.75) is 13.8 Å². The van der Waals surface area contributed by atoms with Crippen LogP contribution in [0.1, 0.15) is 11.1 Å². The Morgan fingerprint density at radius 2 is 1.11 bits per heavy atom. The Morgan fingerprint density at radius 1 is 0.595 bits per heavy atom. The van der Waals surface area contributed by atoms with E-state index in [0.717, 1.165) is 11.4 Å². The summed E-state index contributed by atoms with van der Waals surface area (Å²) in [6.45, 7) is 10.7. The standard InChI is InChI=1S/C29H45NO7/c1-24-6-7-25(2)27(22-24)26-8-9-29(28(23-26)30(3)4)37-21-20-36-19-18-35-17-16-34-15-14-33-13-12-32-11-10-31-5/h6-9,22-23H,10-21H2,1-5H3. The van der Waals surface area contributed by atoms with Crippen molar-refractivity contribution < 1.29 is 33.2 Å². The van der Waals surface area contributed by atoms with E-state index in [1.54, 1.807) is 7.11 Å². The first-order valence-electron chi connectivity index (χ1n) is 12.9. The molecular formula is C29H45NO7. The summed E-state index contributed by atoms with van der Waals surface area (Å²) in [7, 11) is 5.71. The topological polar surface area (TPSA) is 67.9 Å². The molecule has 2 rings (SSSR count). The molecule has 37 heavy (non-hydrogen) atoms. The molecule has 0 bridgehead atoms. The Kier molecular flexibility index (Phi) is 15.9. The van der Waals surface area contributed by atoms with E-state index >= 15 is 0 Å². The quantitative estimate of drug-likeness (QED) is 0.228. The van der Waals surface area contributed by atoms with E-state index in [1.165, 1.54) is 22.3 Å². The van der Waals surface area contributed by atoms with Crippen molar-refractivity contribution in [1.82, 2.24) is 0 Å². The summed E-state index contributed by atoms with van der Waals surface area (Å²) >= 11 is 0. The van der Waals surface area contributed by atoms with Gasteiger partial charge in [0.2, 0.25) is 0 Å². The van der Waals surface area contributed by atoms with Gasteiger partial charge in [0, 0.05) is 21.2 Å². The molecule has 0 amide bonds. The van der Waals surface area contributed by atoms with Gasteiger partial charge < -0.3 is 38.1 Å². The normalized spacial score (nSPS) is 11.2. The van der Waals surface area contributed by atoms with Crippen LogP contribution in [0.5, 0.6) is 5.75 Å². The number of ether oxygens (including phenoxy) is 7. The maximum Gasteiger partial charge on any atom is 0.142 e. The lowest BCUT2D eigenvalue weighted by Crippen LogP contribution is -2.15. The zero-order chi connectivity index (χ0) is 26.7. The molecule has 0 aliphatic rings. The predicted molar refractivity (Wildman–Crippen MR) is 147 cm³/mol. The zero-order valence-corrected chi connectivity index (χ0v) is 23.3. The maximum atomic E-state index is 6.01. The van der Waals surface area contributed by atoms with Crippen LogP contribution in [0.4, 0.5) is 5.69 Å². The van der Waals surface area contributed by atoms with E-state index in [9.17, 15) is 0 Å². The Balaban J connectivity index is 1.53. The molecule has 0 spiro atoms. The van der Waals surface area contributed by atoms with Gasteiger partial charge in [-0.1, -0.05) is 29.8 Å². The predicted octanol–water partition coefficient (Wildman–Crippen LogP) is 4.14. The maximum absolute atomic E-state index is 6.01. The van der Waals surface area contributed by atoms with Crippen LogP contribution in [0.25, 0.3) is 11.1 Å². The molecule has 0 saturated carbocycles. The van der Waals surface area contributed by atoms with Gasteiger partial charge in [-0.2, -0.15) is 0 Å². The summed E-state index contributed by atoms with van der Waals surface area (Å²) in [4.78, 5) is 2.08. The van der Waals surface area contributed by atoms with Crippen molar-refractivity contribution in [3.63, 3.8) is 0 Å². The second-order valence-electron chi connectivity index (χ2n) is 8.80. The van der Waals surface area contributed by atoms with Crippen LogP contribution in [0.15, 0.2) is 36.4 Å². The monoisotopic (exact) mass is 519 g/mol. The SMILES string of the molecule is COCCOCCOCCOCCOCCOCCOc1ccc(-c2cc(C)ccc2C)cc1N(C)C. The molecule has 0 fully saturated rings. The molecule has 0 N–H and O–H groups in total. The number of methoxy groups -OCH3 is 1. The van der Waals surface area contributed by atoms with Gasteiger partial charge in [-0.15, -0.1) is 0 Å². The third kappa shape index (κ3) is 12.7. The van der Waals surface area contributed by atoms with E-state index in [2.05, 4.69) is 49.1 Å². The Morgan fingerprint density at radius 3 is 1.62 bits per heavy atom. The van der Waals surface area contributed by atoms with Gasteiger partial charge in [0.05, 0.1) is 78.4 Å². The average molecular weight is 520 g/mol. The number of nitrogens with zero attached hydrogens (tertiary/aromatic N) is 1. The summed E-state index contributed by atoms with van der Waals surface area (Å²) in [6, 6.07) is 12.9. The van der Waals surface area contributed by atoms with Crippen molar-refractivity contribution in [3.8, 4) is 16.9 Å². The number of hydrogen-bond donors (Lipinski definition) is 0. The van der Waals surface area contributed by atoms with E-state index < -0.39 is 0 Å². The van der Waals surface area contributed by atoms with Crippen LogP contribution >= 0.6 is 0 Å². The molecular weight excluding hydrogens is 474 g/mol. The highest BCUT2D eigenvalue weighted by atomic mass is 16.6. The molecule has 0 atom stereocenters. The molecule has 0 radical (unpaired) electrons. The number of aryl methyl sites for hydroxylation is 2. The molecule has 0 aliphatic carbocycles. The molecule has 8 nitrogen and oxygen atoms in total. The Hall–Kier alpha value is -2.20. The summed E-state index contributed by atoms with van der Waals surface area (Å²) in [5.74, 6) is 0.846. The third-order valence-corrected chi connectivity index (χ3v) is 5.55. The van der Waals surface area contributed by atoms with E-state index in [1.807, 2.05) is 20.2 Å². The van der Waals surface area contributed by atoms with Crippen LogP contribution in [-0.4, -0.2) is 100 Å². The van der Waals surface area contributed by atoms with Gasteiger partial charge in [-0.25, -0.2) is 0 Å². The van der Waals surface area contributed by atoms with Gasteiger partial charge in [0.25, 0.3) is 0 Å². The fraction of sp³-hybridized carbons (Fsp3) is 0.586. The van der Waals surface area contributed by atoms with E-state index in [-0.39, 0.29) is 0 Å². The van der Waals surface area contributed by atoms with E-state index in [0.29, 0.717) is 79.3 Å². The highest BCUT2D eigenvalue weighted by molar-refractivity contribution is 5.74. The summed E-state index contributed by atoms with van der Waals surface area (Å²) in [5, 5.41) is 0. The van der Waals surface area contributed by atoms with Crippen molar-refractivity contribution in [3.05, 3.63) is 47.5 Å². The lowest BCUT2D eigenvalue weighted by atomic mass is 9.98. The highest BCUT2D eigenvalue weighted by Gasteiger charge is 2.10. The molecule has 208 valence electrons. The van der Waals surface area contributed by atoms with Crippen molar-refractivity contribution >= 4 is 5.69 Å². The van der Waals surface area contributed by atoms with Crippen LogP contribution in [0.2, 0.25) is 0 Å². The zero-order valence-electron chi connectivity index (χ0n) is 23.3. The number of hydrogen-bond acceptors (Lipinski definition) is 8. The lowest BCUT2D eigenvalue weighted by molar-refractivity contribution is -0.0159. The van der Waals surface area contributed by atoms with Gasteiger partial charge in [-0.05, 0) is 42.7 Å². The molecule has 0 aliphatic heterocycles. The molecule has 0 aromatic heterocycles. The van der Waals surface area contributed by atoms with E-state index in [4.69, 9.17) is 33.2 Å². The van der Waals surface area contributed by atoms with Gasteiger partial charge >= 0.3 is 0 Å². The Bertz CT molecular complexity index is 875. The molecule has 2 aromatic carbocycles. The van der Waals surface area contributed by atoms with Gasteiger partial charge in [0.1, 0.15) is 12.4 Å². The summed E-state index contributed by atoms with van der Waals surface area (Å²) in [5.41, 5.74) is 5.99. The highest BCUT2D eigenvalue weighted by Crippen LogP contribution is 2.34. The van der Waals surface area contributed by atoms with Gasteiger partial charge in [-0.3, -0.25) is 0 Å². The third-order valence-electron chi connectivity index (χ3n) is 5.55. The molecule has 0 unspecified atom stereocenters. The summed E-state index contributed by atoms with van der Waals surface area (Å²) in [6.07, 6.45) is 0. The first kappa shape index (κ1) is 31.0. The number of anilines is 1.